The molecule has 0 unspecified atom stereocenters. The number of carbonyl (C=O) groups is 1. The van der Waals surface area contributed by atoms with Gasteiger partial charge in [0.15, 0.2) is 0 Å². The number of anilines is 1. The Balaban J connectivity index is 2.60. The van der Waals surface area contributed by atoms with E-state index in [-0.39, 0.29) is 11.3 Å². The summed E-state index contributed by atoms with van der Waals surface area (Å²) in [7, 11) is 1.61. The molecule has 1 amide bonds. The Labute approximate surface area is 123 Å². The van der Waals surface area contributed by atoms with Crippen LogP contribution in [0.25, 0.3) is 0 Å². The predicted octanol–water partition coefficient (Wildman–Crippen LogP) is 2.94. The molecule has 0 aliphatic heterocycles. The molecule has 1 rings (SSSR count). The second-order valence-corrected chi connectivity index (χ2v) is 4.70. The van der Waals surface area contributed by atoms with Crippen LogP contribution in [0, 0.1) is 11.6 Å². The van der Waals surface area contributed by atoms with Crippen molar-refractivity contribution in [3.8, 4) is 0 Å². The highest BCUT2D eigenvalue weighted by molar-refractivity contribution is 5.94. The molecule has 0 heterocycles. The largest absolute Gasteiger partial charge is 0.385 e. The topological polar surface area (TPSA) is 50.4 Å². The summed E-state index contributed by atoms with van der Waals surface area (Å²) in [6.45, 7) is 3.44. The minimum Gasteiger partial charge on any atom is -0.385 e. The number of rotatable bonds is 9. The molecule has 0 radical (unpaired) electrons. The van der Waals surface area contributed by atoms with Crippen LogP contribution in [-0.4, -0.2) is 32.7 Å². The van der Waals surface area contributed by atoms with Gasteiger partial charge < -0.3 is 15.4 Å². The van der Waals surface area contributed by atoms with Crippen molar-refractivity contribution in [2.45, 2.75) is 26.2 Å². The minimum atomic E-state index is -0.756. The van der Waals surface area contributed by atoms with E-state index in [2.05, 4.69) is 10.6 Å². The van der Waals surface area contributed by atoms with Crippen molar-refractivity contribution >= 4 is 11.6 Å². The Hall–Kier alpha value is -1.69. The van der Waals surface area contributed by atoms with Crippen LogP contribution in [0.1, 0.15) is 36.5 Å². The molecule has 6 heteroatoms. The lowest BCUT2D eigenvalue weighted by molar-refractivity contribution is 0.0950. The molecule has 1 aromatic rings. The number of hydrogen-bond donors (Lipinski definition) is 2. The number of halogens is 2. The van der Waals surface area contributed by atoms with Gasteiger partial charge in [-0.3, -0.25) is 4.79 Å². The third-order valence-corrected chi connectivity index (χ3v) is 2.92. The summed E-state index contributed by atoms with van der Waals surface area (Å²) in [5, 5.41) is 5.29. The zero-order valence-corrected chi connectivity index (χ0v) is 12.5. The van der Waals surface area contributed by atoms with Gasteiger partial charge in [-0.2, -0.15) is 0 Å². The Morgan fingerprint density at radius 1 is 1.19 bits per heavy atom. The molecule has 0 aliphatic rings. The van der Waals surface area contributed by atoms with Crippen molar-refractivity contribution in [3.63, 3.8) is 0 Å². The average Bonchev–Trinajstić information content (AvgIpc) is 2.46. The SMILES string of the molecule is CCCNc1c(F)cc(C(=O)NCCCCOC)cc1F. The van der Waals surface area contributed by atoms with Crippen molar-refractivity contribution < 1.29 is 18.3 Å². The third-order valence-electron chi connectivity index (χ3n) is 2.92. The Morgan fingerprint density at radius 3 is 2.43 bits per heavy atom. The van der Waals surface area contributed by atoms with Gasteiger partial charge in [-0.05, 0) is 31.4 Å². The van der Waals surface area contributed by atoms with Gasteiger partial charge in [0, 0.05) is 32.4 Å². The number of hydrogen-bond acceptors (Lipinski definition) is 3. The number of ether oxygens (including phenoxy) is 1. The Kier molecular flexibility index (Phi) is 7.68. The quantitative estimate of drug-likeness (QED) is 0.689. The van der Waals surface area contributed by atoms with E-state index in [1.807, 2.05) is 6.92 Å². The highest BCUT2D eigenvalue weighted by atomic mass is 19.1. The summed E-state index contributed by atoms with van der Waals surface area (Å²) >= 11 is 0. The van der Waals surface area contributed by atoms with Gasteiger partial charge in [-0.25, -0.2) is 8.78 Å². The minimum absolute atomic E-state index is 0.0150. The number of nitrogens with one attached hydrogen (secondary N) is 2. The van der Waals surface area contributed by atoms with E-state index in [0.29, 0.717) is 19.7 Å². The summed E-state index contributed by atoms with van der Waals surface area (Å²) in [5.74, 6) is -1.99. The van der Waals surface area contributed by atoms with Crippen molar-refractivity contribution in [2.75, 3.05) is 32.1 Å². The van der Waals surface area contributed by atoms with Gasteiger partial charge >= 0.3 is 0 Å². The molecule has 0 aromatic heterocycles. The van der Waals surface area contributed by atoms with Crippen LogP contribution in [0.3, 0.4) is 0 Å². The summed E-state index contributed by atoms with van der Waals surface area (Å²) < 4.78 is 32.5. The molecule has 2 N–H and O–H groups in total. The normalized spacial score (nSPS) is 10.5. The second kappa shape index (κ2) is 9.28. The van der Waals surface area contributed by atoms with E-state index in [0.717, 1.165) is 31.4 Å². The predicted molar refractivity (Wildman–Crippen MR) is 78.6 cm³/mol. The maximum Gasteiger partial charge on any atom is 0.251 e. The van der Waals surface area contributed by atoms with Gasteiger partial charge in [-0.15, -0.1) is 0 Å². The summed E-state index contributed by atoms with van der Waals surface area (Å²) in [4.78, 5) is 11.8. The van der Waals surface area contributed by atoms with Crippen molar-refractivity contribution in [3.05, 3.63) is 29.3 Å². The molecule has 21 heavy (non-hydrogen) atoms. The third kappa shape index (κ3) is 5.67. The molecule has 0 saturated heterocycles. The first kappa shape index (κ1) is 17.4. The Morgan fingerprint density at radius 2 is 1.86 bits per heavy atom. The van der Waals surface area contributed by atoms with E-state index in [4.69, 9.17) is 4.74 Å². The first-order valence-electron chi connectivity index (χ1n) is 7.10. The first-order chi connectivity index (χ1) is 10.1. The van der Waals surface area contributed by atoms with Crippen LogP contribution < -0.4 is 10.6 Å². The highest BCUT2D eigenvalue weighted by Gasteiger charge is 2.14. The van der Waals surface area contributed by atoms with E-state index in [9.17, 15) is 13.6 Å². The van der Waals surface area contributed by atoms with Crippen molar-refractivity contribution in [1.82, 2.24) is 5.32 Å². The smallest absolute Gasteiger partial charge is 0.251 e. The zero-order valence-electron chi connectivity index (χ0n) is 12.5. The lowest BCUT2D eigenvalue weighted by Gasteiger charge is -2.10. The lowest BCUT2D eigenvalue weighted by atomic mass is 10.1. The monoisotopic (exact) mass is 300 g/mol. The average molecular weight is 300 g/mol. The van der Waals surface area contributed by atoms with Crippen LogP contribution >= 0.6 is 0 Å². The maximum atomic E-state index is 13.8. The maximum absolute atomic E-state index is 13.8. The second-order valence-electron chi connectivity index (χ2n) is 4.70. The zero-order chi connectivity index (χ0) is 15.7. The first-order valence-corrected chi connectivity index (χ1v) is 7.10. The fraction of sp³-hybridized carbons (Fsp3) is 0.533. The molecular weight excluding hydrogens is 278 g/mol. The number of methoxy groups -OCH3 is 1. The number of amides is 1. The number of carbonyl (C=O) groups excluding carboxylic acids is 1. The van der Waals surface area contributed by atoms with E-state index in [1.54, 1.807) is 7.11 Å². The summed E-state index contributed by atoms with van der Waals surface area (Å²) in [6, 6.07) is 2.09. The standard InChI is InChI=1S/C15H22F2N2O2/c1-3-6-18-14-12(16)9-11(10-13(14)17)15(20)19-7-4-5-8-21-2/h9-10,18H,3-8H2,1-2H3,(H,19,20). The molecule has 0 bridgehead atoms. The summed E-state index contributed by atoms with van der Waals surface area (Å²) in [5.41, 5.74) is -0.202. The van der Waals surface area contributed by atoms with E-state index in [1.165, 1.54) is 0 Å². The molecule has 0 atom stereocenters. The molecule has 118 valence electrons. The molecule has 4 nitrogen and oxygen atoms in total. The molecule has 0 aliphatic carbocycles. The number of benzene rings is 1. The van der Waals surface area contributed by atoms with Gasteiger partial charge in [0.2, 0.25) is 0 Å². The lowest BCUT2D eigenvalue weighted by Crippen LogP contribution is -2.25. The van der Waals surface area contributed by atoms with Crippen LogP contribution in [-0.2, 0) is 4.74 Å². The van der Waals surface area contributed by atoms with Crippen LogP contribution in [0.15, 0.2) is 12.1 Å². The van der Waals surface area contributed by atoms with Crippen molar-refractivity contribution in [2.24, 2.45) is 0 Å². The van der Waals surface area contributed by atoms with Gasteiger partial charge in [0.1, 0.15) is 17.3 Å². The van der Waals surface area contributed by atoms with E-state index < -0.39 is 17.5 Å². The molecule has 0 fully saturated rings. The number of unbranched alkanes of at least 4 members (excludes halogenated alkanes) is 1. The Bertz CT molecular complexity index is 444. The van der Waals surface area contributed by atoms with Crippen LogP contribution in [0.2, 0.25) is 0 Å². The highest BCUT2D eigenvalue weighted by Crippen LogP contribution is 2.20. The fourth-order valence-corrected chi connectivity index (χ4v) is 1.80. The fourth-order valence-electron chi connectivity index (χ4n) is 1.80. The van der Waals surface area contributed by atoms with Gasteiger partial charge in [0.25, 0.3) is 5.91 Å². The molecule has 0 saturated carbocycles. The molecule has 0 spiro atoms. The van der Waals surface area contributed by atoms with Crippen molar-refractivity contribution in [1.29, 1.82) is 0 Å². The van der Waals surface area contributed by atoms with Crippen LogP contribution in [0.4, 0.5) is 14.5 Å². The van der Waals surface area contributed by atoms with Gasteiger partial charge in [-0.1, -0.05) is 6.92 Å². The van der Waals surface area contributed by atoms with Gasteiger partial charge in [0.05, 0.1) is 0 Å². The van der Waals surface area contributed by atoms with Crippen LogP contribution in [0.5, 0.6) is 0 Å². The van der Waals surface area contributed by atoms with E-state index >= 15 is 0 Å². The molecular formula is C15H22F2N2O2. The molecule has 1 aromatic carbocycles. The summed E-state index contributed by atoms with van der Waals surface area (Å²) in [6.07, 6.45) is 2.32.